The van der Waals surface area contributed by atoms with Crippen LogP contribution in [0.2, 0.25) is 0 Å². The molecule has 2 aromatic carbocycles. The molecule has 0 bridgehead atoms. The number of rotatable bonds is 6. The van der Waals surface area contributed by atoms with Gasteiger partial charge in [0, 0.05) is 18.1 Å². The first-order valence-electron chi connectivity index (χ1n) is 8.88. The molecule has 0 radical (unpaired) electrons. The van der Waals surface area contributed by atoms with Gasteiger partial charge in [-0.2, -0.15) is 0 Å². The molecular formula is C21H22N4O2S. The molecule has 6 nitrogen and oxygen atoms in total. The highest BCUT2D eigenvalue weighted by molar-refractivity contribution is 8.00. The van der Waals surface area contributed by atoms with Crippen LogP contribution in [0.15, 0.2) is 53.8 Å². The summed E-state index contributed by atoms with van der Waals surface area (Å²) < 4.78 is 0. The summed E-state index contributed by atoms with van der Waals surface area (Å²) in [6, 6.07) is 13.5. The van der Waals surface area contributed by atoms with Crippen molar-refractivity contribution in [2.45, 2.75) is 18.9 Å². The normalized spacial score (nSPS) is 10.7. The van der Waals surface area contributed by atoms with E-state index < -0.39 is 0 Å². The van der Waals surface area contributed by atoms with E-state index >= 15 is 0 Å². The highest BCUT2D eigenvalue weighted by Gasteiger charge is 2.15. The Labute approximate surface area is 168 Å². The van der Waals surface area contributed by atoms with Crippen molar-refractivity contribution in [3.05, 3.63) is 59.9 Å². The Kier molecular flexibility index (Phi) is 6.26. The van der Waals surface area contributed by atoms with Crippen molar-refractivity contribution in [1.82, 2.24) is 14.9 Å². The zero-order valence-corrected chi connectivity index (χ0v) is 16.9. The molecule has 0 spiro atoms. The molecule has 0 aliphatic heterocycles. The first-order valence-corrected chi connectivity index (χ1v) is 9.87. The van der Waals surface area contributed by atoms with Gasteiger partial charge in [0.25, 0.3) is 0 Å². The lowest BCUT2D eigenvalue weighted by Gasteiger charge is -2.18. The third-order valence-electron chi connectivity index (χ3n) is 4.39. The number of carbonyl (C=O) groups excluding carboxylic acids is 2. The number of hydrogen-bond donors (Lipinski definition) is 1. The molecule has 7 heteroatoms. The minimum Gasteiger partial charge on any atom is -0.336 e. The maximum atomic E-state index is 12.5. The van der Waals surface area contributed by atoms with Gasteiger partial charge in [0.05, 0.1) is 17.8 Å². The van der Waals surface area contributed by atoms with E-state index in [1.807, 2.05) is 56.3 Å². The number of aromatic nitrogens is 2. The maximum Gasteiger partial charge on any atom is 0.243 e. The molecule has 144 valence electrons. The second-order valence-electron chi connectivity index (χ2n) is 6.55. The van der Waals surface area contributed by atoms with Crippen LogP contribution in [0.25, 0.3) is 10.9 Å². The average Bonchev–Trinajstić information content (AvgIpc) is 2.69. The molecule has 3 aromatic rings. The summed E-state index contributed by atoms with van der Waals surface area (Å²) in [6.07, 6.45) is 1.50. The number of nitrogens with zero attached hydrogens (tertiary/aromatic N) is 3. The zero-order chi connectivity index (χ0) is 20.1. The average molecular weight is 395 g/mol. The van der Waals surface area contributed by atoms with Gasteiger partial charge >= 0.3 is 0 Å². The van der Waals surface area contributed by atoms with Crippen LogP contribution in [0.5, 0.6) is 0 Å². The molecule has 0 aliphatic rings. The molecule has 0 saturated heterocycles. The molecule has 0 fully saturated rings. The quantitative estimate of drug-likeness (QED) is 0.512. The summed E-state index contributed by atoms with van der Waals surface area (Å²) in [4.78, 5) is 34.7. The number of thioether (sulfide) groups is 1. The molecule has 0 aliphatic carbocycles. The van der Waals surface area contributed by atoms with Crippen LogP contribution in [0, 0.1) is 13.8 Å². The second-order valence-corrected chi connectivity index (χ2v) is 7.51. The third-order valence-corrected chi connectivity index (χ3v) is 5.38. The smallest absolute Gasteiger partial charge is 0.243 e. The van der Waals surface area contributed by atoms with E-state index in [2.05, 4.69) is 15.3 Å². The number of fused-ring (bicyclic) bond motifs is 1. The molecule has 28 heavy (non-hydrogen) atoms. The van der Waals surface area contributed by atoms with Crippen LogP contribution < -0.4 is 5.32 Å². The fourth-order valence-electron chi connectivity index (χ4n) is 2.83. The molecule has 0 atom stereocenters. The number of nitrogens with one attached hydrogen (secondary N) is 1. The summed E-state index contributed by atoms with van der Waals surface area (Å²) in [5, 5.41) is 4.57. The van der Waals surface area contributed by atoms with Crippen molar-refractivity contribution in [3.63, 3.8) is 0 Å². The number of benzene rings is 2. The number of carbonyl (C=O) groups is 2. The first-order chi connectivity index (χ1) is 13.5. The van der Waals surface area contributed by atoms with Crippen molar-refractivity contribution in [2.75, 3.05) is 24.7 Å². The van der Waals surface area contributed by atoms with Crippen LogP contribution in [-0.2, 0) is 9.59 Å². The van der Waals surface area contributed by atoms with Gasteiger partial charge in [0.2, 0.25) is 11.8 Å². The Hall–Kier alpha value is -2.93. The molecular weight excluding hydrogens is 372 g/mol. The number of aryl methyl sites for hydroxylation is 2. The molecule has 0 unspecified atom stereocenters. The van der Waals surface area contributed by atoms with E-state index in [0.29, 0.717) is 0 Å². The molecule has 1 N–H and O–H groups in total. The van der Waals surface area contributed by atoms with Crippen LogP contribution in [0.3, 0.4) is 0 Å². The highest BCUT2D eigenvalue weighted by Crippen LogP contribution is 2.24. The van der Waals surface area contributed by atoms with Crippen LogP contribution in [0.4, 0.5) is 5.69 Å². The van der Waals surface area contributed by atoms with E-state index in [1.54, 1.807) is 7.05 Å². The van der Waals surface area contributed by atoms with Gasteiger partial charge < -0.3 is 10.2 Å². The zero-order valence-electron chi connectivity index (χ0n) is 16.1. The molecule has 1 aromatic heterocycles. The van der Waals surface area contributed by atoms with Crippen molar-refractivity contribution < 1.29 is 9.59 Å². The lowest BCUT2D eigenvalue weighted by molar-refractivity contribution is -0.131. The number of hydrogen-bond acceptors (Lipinski definition) is 5. The summed E-state index contributed by atoms with van der Waals surface area (Å²) >= 11 is 1.35. The van der Waals surface area contributed by atoms with E-state index in [9.17, 15) is 9.59 Å². The Balaban J connectivity index is 1.58. The fourth-order valence-corrected chi connectivity index (χ4v) is 3.76. The van der Waals surface area contributed by atoms with Crippen LogP contribution in [0.1, 0.15) is 11.1 Å². The Bertz CT molecular complexity index is 997. The van der Waals surface area contributed by atoms with Gasteiger partial charge in [0.1, 0.15) is 11.4 Å². The number of likely N-dealkylation sites (N-methyl/N-ethyl adjacent to an activating group) is 1. The van der Waals surface area contributed by atoms with Crippen molar-refractivity contribution in [2.24, 2.45) is 0 Å². The van der Waals surface area contributed by atoms with E-state index in [0.717, 1.165) is 32.7 Å². The largest absolute Gasteiger partial charge is 0.336 e. The molecule has 0 saturated carbocycles. The second kappa shape index (κ2) is 8.84. The van der Waals surface area contributed by atoms with Crippen molar-refractivity contribution in [3.8, 4) is 0 Å². The van der Waals surface area contributed by atoms with E-state index in [4.69, 9.17) is 0 Å². The standard InChI is InChI=1S/C21H22N4O2S/c1-14-7-6-8-15(2)20(14)24-18(26)11-25(3)19(27)12-28-21-16-9-4-5-10-17(16)22-13-23-21/h4-10,13H,11-12H2,1-3H3,(H,24,26). The van der Waals surface area contributed by atoms with Crippen LogP contribution in [-0.4, -0.2) is 46.0 Å². The number of anilines is 1. The fraction of sp³-hybridized carbons (Fsp3) is 0.238. The molecule has 1 heterocycles. The van der Waals surface area contributed by atoms with Gasteiger partial charge in [-0.05, 0) is 31.0 Å². The molecule has 3 rings (SSSR count). The van der Waals surface area contributed by atoms with Gasteiger partial charge in [-0.15, -0.1) is 0 Å². The van der Waals surface area contributed by atoms with E-state index in [1.165, 1.54) is 23.0 Å². The summed E-state index contributed by atoms with van der Waals surface area (Å²) in [5.41, 5.74) is 3.63. The summed E-state index contributed by atoms with van der Waals surface area (Å²) in [7, 11) is 1.63. The lowest BCUT2D eigenvalue weighted by Crippen LogP contribution is -2.36. The SMILES string of the molecule is Cc1cccc(C)c1NC(=O)CN(C)C(=O)CSc1ncnc2ccccc12. The first kappa shape index (κ1) is 19.8. The van der Waals surface area contributed by atoms with Crippen molar-refractivity contribution >= 4 is 40.2 Å². The predicted molar refractivity (Wildman–Crippen MR) is 112 cm³/mol. The lowest BCUT2D eigenvalue weighted by atomic mass is 10.1. The number of amides is 2. The number of para-hydroxylation sites is 2. The van der Waals surface area contributed by atoms with E-state index in [-0.39, 0.29) is 24.1 Å². The topological polar surface area (TPSA) is 75.2 Å². The Morgan fingerprint density at radius 2 is 1.75 bits per heavy atom. The summed E-state index contributed by atoms with van der Waals surface area (Å²) in [6.45, 7) is 3.89. The van der Waals surface area contributed by atoms with Gasteiger partial charge in [0.15, 0.2) is 0 Å². The monoisotopic (exact) mass is 394 g/mol. The van der Waals surface area contributed by atoms with Gasteiger partial charge in [-0.3, -0.25) is 9.59 Å². The van der Waals surface area contributed by atoms with Gasteiger partial charge in [-0.25, -0.2) is 9.97 Å². The molecule has 2 amide bonds. The highest BCUT2D eigenvalue weighted by atomic mass is 32.2. The minimum atomic E-state index is -0.217. The predicted octanol–water partition coefficient (Wildman–Crippen LogP) is 3.44. The Morgan fingerprint density at radius 3 is 2.50 bits per heavy atom. The third kappa shape index (κ3) is 4.67. The van der Waals surface area contributed by atoms with Gasteiger partial charge in [-0.1, -0.05) is 48.2 Å². The Morgan fingerprint density at radius 1 is 1.04 bits per heavy atom. The summed E-state index contributed by atoms with van der Waals surface area (Å²) in [5.74, 6) is -0.149. The van der Waals surface area contributed by atoms with Crippen LogP contribution >= 0.6 is 11.8 Å². The van der Waals surface area contributed by atoms with Crippen molar-refractivity contribution in [1.29, 1.82) is 0 Å². The maximum absolute atomic E-state index is 12.5. The minimum absolute atomic E-state index is 0.00229.